The van der Waals surface area contributed by atoms with Crippen LogP contribution < -0.4 is 5.32 Å². The number of nitriles is 1. The van der Waals surface area contributed by atoms with Gasteiger partial charge in [-0.15, -0.1) is 0 Å². The number of nitrogens with zero attached hydrogens (tertiary/aromatic N) is 5. The van der Waals surface area contributed by atoms with E-state index in [2.05, 4.69) is 20.4 Å². The summed E-state index contributed by atoms with van der Waals surface area (Å²) in [7, 11) is 0. The zero-order chi connectivity index (χ0) is 22.8. The number of hydrogen-bond donors (Lipinski definition) is 1. The summed E-state index contributed by atoms with van der Waals surface area (Å²) in [6.07, 6.45) is 1.42. The molecule has 164 valence electrons. The van der Waals surface area contributed by atoms with Gasteiger partial charge in [0.25, 0.3) is 0 Å². The van der Waals surface area contributed by atoms with E-state index in [9.17, 15) is 4.79 Å². The number of halogens is 1. The fourth-order valence-corrected chi connectivity index (χ4v) is 4.19. The van der Waals surface area contributed by atoms with Gasteiger partial charge in [0.2, 0.25) is 11.7 Å². The van der Waals surface area contributed by atoms with E-state index in [4.69, 9.17) is 21.4 Å². The zero-order valence-corrected chi connectivity index (χ0v) is 18.3. The van der Waals surface area contributed by atoms with Crippen LogP contribution in [0.25, 0.3) is 22.4 Å². The van der Waals surface area contributed by atoms with Crippen LogP contribution in [0.15, 0.2) is 59.1 Å². The van der Waals surface area contributed by atoms with Gasteiger partial charge in [-0.2, -0.15) is 10.2 Å². The number of pyridine rings is 1. The van der Waals surface area contributed by atoms with E-state index in [0.717, 1.165) is 10.9 Å². The second kappa shape index (κ2) is 8.88. The number of nitrogens with one attached hydrogen (secondary N) is 1. The molecule has 2 amide bonds. The van der Waals surface area contributed by atoms with Crippen LogP contribution >= 0.6 is 11.6 Å². The van der Waals surface area contributed by atoms with Gasteiger partial charge in [-0.25, -0.2) is 9.78 Å². The lowest BCUT2D eigenvalue weighted by atomic mass is 9.97. The monoisotopic (exact) mass is 458 g/mol. The summed E-state index contributed by atoms with van der Waals surface area (Å²) in [5.41, 5.74) is 2.43. The number of carbonyl (C=O) groups excluding carboxylic acids is 1. The highest BCUT2D eigenvalue weighted by molar-refractivity contribution is 6.31. The van der Waals surface area contributed by atoms with E-state index in [1.165, 1.54) is 0 Å². The molecular weight excluding hydrogens is 440 g/mol. The van der Waals surface area contributed by atoms with Crippen LogP contribution in [0.1, 0.15) is 30.2 Å². The maximum atomic E-state index is 12.6. The number of fused-ring (bicyclic) bond motifs is 1. The predicted molar refractivity (Wildman–Crippen MR) is 124 cm³/mol. The molecule has 9 heteroatoms. The van der Waals surface area contributed by atoms with Gasteiger partial charge in [0.05, 0.1) is 17.1 Å². The van der Waals surface area contributed by atoms with Crippen LogP contribution in [0.5, 0.6) is 0 Å². The number of urea groups is 1. The Bertz CT molecular complexity index is 1370. The van der Waals surface area contributed by atoms with Crippen molar-refractivity contribution in [3.63, 3.8) is 0 Å². The Morgan fingerprint density at radius 2 is 1.94 bits per heavy atom. The number of benzene rings is 2. The Kier molecular flexibility index (Phi) is 5.63. The van der Waals surface area contributed by atoms with Crippen LogP contribution in [0, 0.1) is 11.3 Å². The molecule has 33 heavy (non-hydrogen) atoms. The summed E-state index contributed by atoms with van der Waals surface area (Å²) in [5, 5.41) is 17.5. The second-order valence-electron chi connectivity index (χ2n) is 7.88. The molecule has 1 aliphatic heterocycles. The summed E-state index contributed by atoms with van der Waals surface area (Å²) < 4.78 is 5.54. The van der Waals surface area contributed by atoms with Gasteiger partial charge < -0.3 is 14.7 Å². The highest BCUT2D eigenvalue weighted by Crippen LogP contribution is 2.29. The fraction of sp³-hybridized carbons (Fsp3) is 0.208. The Balaban J connectivity index is 1.22. The van der Waals surface area contributed by atoms with E-state index in [1.54, 1.807) is 23.1 Å². The minimum absolute atomic E-state index is 0.0760. The first-order chi connectivity index (χ1) is 16.1. The summed E-state index contributed by atoms with van der Waals surface area (Å²) in [6.45, 7) is 1.10. The molecule has 2 aromatic heterocycles. The lowest BCUT2D eigenvalue weighted by molar-refractivity contribution is 0.187. The molecule has 1 aliphatic rings. The molecule has 1 N–H and O–H groups in total. The van der Waals surface area contributed by atoms with Crippen molar-refractivity contribution in [3.8, 4) is 17.6 Å². The molecule has 4 aromatic rings. The van der Waals surface area contributed by atoms with E-state index in [1.807, 2.05) is 42.5 Å². The van der Waals surface area contributed by atoms with Crippen molar-refractivity contribution >= 4 is 34.2 Å². The number of aromatic nitrogens is 3. The normalized spacial score (nSPS) is 14.2. The van der Waals surface area contributed by atoms with E-state index in [-0.39, 0.29) is 11.9 Å². The lowest BCUT2D eigenvalue weighted by Gasteiger charge is -2.30. The van der Waals surface area contributed by atoms with Crippen molar-refractivity contribution in [1.82, 2.24) is 20.0 Å². The van der Waals surface area contributed by atoms with Gasteiger partial charge in [-0.3, -0.25) is 0 Å². The van der Waals surface area contributed by atoms with Gasteiger partial charge in [0.15, 0.2) is 0 Å². The molecule has 3 heterocycles. The van der Waals surface area contributed by atoms with Crippen molar-refractivity contribution in [2.24, 2.45) is 0 Å². The number of amides is 2. The number of carbonyl (C=O) groups is 1. The second-order valence-corrected chi connectivity index (χ2v) is 8.31. The SMILES string of the molecule is N#Cc1cc(Cl)cc(NC(=O)N2CCC(c3nc(-c4ccc5ccccc5n4)no3)CC2)c1. The highest BCUT2D eigenvalue weighted by atomic mass is 35.5. The zero-order valence-electron chi connectivity index (χ0n) is 17.5. The van der Waals surface area contributed by atoms with Crippen LogP contribution in [0.4, 0.5) is 10.5 Å². The van der Waals surface area contributed by atoms with Gasteiger partial charge >= 0.3 is 6.03 Å². The van der Waals surface area contributed by atoms with Crippen molar-refractivity contribution in [1.29, 1.82) is 5.26 Å². The van der Waals surface area contributed by atoms with Crippen LogP contribution in [0.3, 0.4) is 0 Å². The predicted octanol–water partition coefficient (Wildman–Crippen LogP) is 5.22. The molecule has 2 aromatic carbocycles. The van der Waals surface area contributed by atoms with Gasteiger partial charge in [-0.1, -0.05) is 41.0 Å². The maximum absolute atomic E-state index is 12.6. The molecule has 8 nitrogen and oxygen atoms in total. The first-order valence-electron chi connectivity index (χ1n) is 10.6. The molecule has 0 aliphatic carbocycles. The summed E-state index contributed by atoms with van der Waals surface area (Å²) in [4.78, 5) is 23.6. The molecule has 0 radical (unpaired) electrons. The average Bonchev–Trinajstić information content (AvgIpc) is 3.34. The molecular formula is C24H19ClN6O2. The van der Waals surface area contributed by atoms with Crippen molar-refractivity contribution in [3.05, 3.63) is 71.1 Å². The lowest BCUT2D eigenvalue weighted by Crippen LogP contribution is -2.40. The quantitative estimate of drug-likeness (QED) is 0.450. The molecule has 5 rings (SSSR count). The largest absolute Gasteiger partial charge is 0.339 e. The maximum Gasteiger partial charge on any atom is 0.321 e. The minimum atomic E-state index is -0.230. The number of piperidine rings is 1. The first-order valence-corrected chi connectivity index (χ1v) is 10.9. The first kappa shape index (κ1) is 20.9. The molecule has 1 saturated heterocycles. The third-order valence-electron chi connectivity index (χ3n) is 5.68. The molecule has 0 atom stereocenters. The third kappa shape index (κ3) is 4.49. The van der Waals surface area contributed by atoms with E-state index < -0.39 is 0 Å². The number of anilines is 1. The van der Waals surface area contributed by atoms with Crippen LogP contribution in [-0.4, -0.2) is 39.1 Å². The smallest absolute Gasteiger partial charge is 0.321 e. The Labute approximate surface area is 194 Å². The Morgan fingerprint density at radius 3 is 2.76 bits per heavy atom. The van der Waals surface area contributed by atoms with E-state index >= 15 is 0 Å². The van der Waals surface area contributed by atoms with Crippen molar-refractivity contribution < 1.29 is 9.32 Å². The molecule has 0 saturated carbocycles. The summed E-state index contributed by atoms with van der Waals surface area (Å²) in [6, 6.07) is 18.3. The van der Waals surface area contributed by atoms with Gasteiger partial charge in [0, 0.05) is 35.1 Å². The van der Waals surface area contributed by atoms with E-state index in [0.29, 0.717) is 59.6 Å². The number of likely N-dealkylation sites (tertiary alicyclic amines) is 1. The molecule has 0 spiro atoms. The van der Waals surface area contributed by atoms with Gasteiger partial charge in [0.1, 0.15) is 5.69 Å². The third-order valence-corrected chi connectivity index (χ3v) is 5.90. The standard InChI is InChI=1S/C24H19ClN6O2/c25-18-11-15(14-26)12-19(13-18)27-24(32)31-9-7-17(8-10-31)23-29-22(30-33-23)21-6-5-16-3-1-2-4-20(16)28-21/h1-6,11-13,17H,7-10H2,(H,27,32). The molecule has 0 unspecified atom stereocenters. The Morgan fingerprint density at radius 1 is 1.12 bits per heavy atom. The summed E-state index contributed by atoms with van der Waals surface area (Å²) >= 11 is 6.02. The molecule has 0 bridgehead atoms. The molecule has 1 fully saturated rings. The minimum Gasteiger partial charge on any atom is -0.339 e. The van der Waals surface area contributed by atoms with Gasteiger partial charge in [-0.05, 0) is 43.2 Å². The highest BCUT2D eigenvalue weighted by Gasteiger charge is 2.28. The summed E-state index contributed by atoms with van der Waals surface area (Å²) in [5.74, 6) is 1.10. The average molecular weight is 459 g/mol. The Hall–Kier alpha value is -3.96. The number of hydrogen-bond acceptors (Lipinski definition) is 6. The van der Waals surface area contributed by atoms with Crippen LogP contribution in [-0.2, 0) is 0 Å². The number of rotatable bonds is 3. The van der Waals surface area contributed by atoms with Crippen molar-refractivity contribution in [2.45, 2.75) is 18.8 Å². The van der Waals surface area contributed by atoms with Crippen LogP contribution in [0.2, 0.25) is 5.02 Å². The topological polar surface area (TPSA) is 108 Å². The fourth-order valence-electron chi connectivity index (χ4n) is 3.95. The van der Waals surface area contributed by atoms with Crippen molar-refractivity contribution in [2.75, 3.05) is 18.4 Å². The number of para-hydroxylation sites is 1.